The van der Waals surface area contributed by atoms with Crippen LogP contribution in [0.15, 0.2) is 29.4 Å². The van der Waals surface area contributed by atoms with E-state index in [-0.39, 0.29) is 6.61 Å². The van der Waals surface area contributed by atoms with E-state index >= 15 is 0 Å². The molecule has 3 rings (SSSR count). The van der Waals surface area contributed by atoms with E-state index < -0.39 is 17.8 Å². The zero-order valence-electron chi connectivity index (χ0n) is 17.7. The van der Waals surface area contributed by atoms with Crippen LogP contribution in [0.3, 0.4) is 0 Å². The SMILES string of the molecule is CCOC(=O)c1c(NC(=O)C(=O)NN=Cc2cccc(OC)c2)sc2c1CCC(C)C2. The predicted octanol–water partition coefficient (Wildman–Crippen LogP) is 3.15. The highest BCUT2D eigenvalue weighted by molar-refractivity contribution is 7.17. The zero-order chi connectivity index (χ0) is 22.4. The lowest BCUT2D eigenvalue weighted by molar-refractivity contribution is -0.136. The number of esters is 1. The van der Waals surface area contributed by atoms with Crippen molar-refractivity contribution in [2.45, 2.75) is 33.1 Å². The van der Waals surface area contributed by atoms with Gasteiger partial charge in [-0.1, -0.05) is 19.1 Å². The van der Waals surface area contributed by atoms with Crippen LogP contribution in [-0.2, 0) is 27.2 Å². The molecule has 2 aromatic rings. The van der Waals surface area contributed by atoms with Gasteiger partial charge in [0.15, 0.2) is 0 Å². The molecule has 164 valence electrons. The van der Waals surface area contributed by atoms with Crippen LogP contribution >= 0.6 is 11.3 Å². The smallest absolute Gasteiger partial charge is 0.341 e. The van der Waals surface area contributed by atoms with Crippen LogP contribution in [0.1, 0.15) is 46.6 Å². The number of fused-ring (bicyclic) bond motifs is 1. The van der Waals surface area contributed by atoms with Crippen molar-refractivity contribution in [1.29, 1.82) is 0 Å². The first-order valence-corrected chi connectivity index (χ1v) is 10.8. The summed E-state index contributed by atoms with van der Waals surface area (Å²) >= 11 is 1.33. The fourth-order valence-electron chi connectivity index (χ4n) is 3.36. The van der Waals surface area contributed by atoms with Crippen molar-refractivity contribution >= 4 is 40.3 Å². The number of amides is 2. The Morgan fingerprint density at radius 1 is 1.29 bits per heavy atom. The second-order valence-electron chi connectivity index (χ2n) is 7.21. The predicted molar refractivity (Wildman–Crippen MR) is 119 cm³/mol. The van der Waals surface area contributed by atoms with Crippen LogP contribution in [0, 0.1) is 5.92 Å². The Bertz CT molecular complexity index is 1010. The fraction of sp³-hybridized carbons (Fsp3) is 0.364. The van der Waals surface area contributed by atoms with Crippen LogP contribution in [0.4, 0.5) is 5.00 Å². The van der Waals surface area contributed by atoms with Crippen molar-refractivity contribution in [3.63, 3.8) is 0 Å². The third-order valence-electron chi connectivity index (χ3n) is 4.90. The topological polar surface area (TPSA) is 106 Å². The van der Waals surface area contributed by atoms with Crippen LogP contribution < -0.4 is 15.5 Å². The summed E-state index contributed by atoms with van der Waals surface area (Å²) in [5.74, 6) is -1.18. The Hall–Kier alpha value is -3.20. The molecule has 0 fully saturated rings. The van der Waals surface area contributed by atoms with E-state index in [1.54, 1.807) is 38.3 Å². The average molecular weight is 444 g/mol. The largest absolute Gasteiger partial charge is 0.497 e. The second kappa shape index (κ2) is 10.2. The van der Waals surface area contributed by atoms with Crippen molar-refractivity contribution in [3.8, 4) is 5.75 Å². The van der Waals surface area contributed by atoms with Gasteiger partial charge in [-0.3, -0.25) is 9.59 Å². The van der Waals surface area contributed by atoms with Gasteiger partial charge in [0.05, 0.1) is 25.5 Å². The zero-order valence-corrected chi connectivity index (χ0v) is 18.5. The molecular formula is C22H25N3O5S. The number of carbonyl (C=O) groups is 3. The number of methoxy groups -OCH3 is 1. The van der Waals surface area contributed by atoms with E-state index in [1.807, 2.05) is 0 Å². The number of hydrazone groups is 1. The van der Waals surface area contributed by atoms with Crippen molar-refractivity contribution < 1.29 is 23.9 Å². The van der Waals surface area contributed by atoms with E-state index in [9.17, 15) is 14.4 Å². The molecule has 1 heterocycles. The van der Waals surface area contributed by atoms with Gasteiger partial charge in [-0.15, -0.1) is 11.3 Å². The first-order valence-electron chi connectivity index (χ1n) is 10.0. The Morgan fingerprint density at radius 2 is 2.10 bits per heavy atom. The van der Waals surface area contributed by atoms with Crippen LogP contribution in [-0.4, -0.2) is 37.7 Å². The number of rotatable bonds is 6. The van der Waals surface area contributed by atoms with Gasteiger partial charge in [-0.05, 0) is 55.4 Å². The van der Waals surface area contributed by atoms with E-state index in [1.165, 1.54) is 17.6 Å². The van der Waals surface area contributed by atoms with Crippen LogP contribution in [0.2, 0.25) is 0 Å². The number of anilines is 1. The number of hydrogen-bond donors (Lipinski definition) is 2. The Kier molecular flexibility index (Phi) is 7.41. The van der Waals surface area contributed by atoms with Gasteiger partial charge in [0.2, 0.25) is 0 Å². The number of benzene rings is 1. The number of carbonyl (C=O) groups excluding carboxylic acids is 3. The molecule has 1 aliphatic carbocycles. The third kappa shape index (κ3) is 5.49. The molecule has 0 saturated carbocycles. The second-order valence-corrected chi connectivity index (χ2v) is 8.31. The van der Waals surface area contributed by atoms with E-state index in [0.717, 1.165) is 29.7 Å². The van der Waals surface area contributed by atoms with E-state index in [0.29, 0.717) is 27.8 Å². The molecule has 1 atom stereocenters. The quantitative estimate of drug-likeness (QED) is 0.309. The standard InChI is InChI=1S/C22H25N3O5S/c1-4-30-22(28)18-16-9-8-13(2)10-17(16)31-21(18)24-19(26)20(27)25-23-12-14-6-5-7-15(11-14)29-3/h5-7,11-13H,4,8-10H2,1-3H3,(H,24,26)(H,25,27). The third-order valence-corrected chi connectivity index (χ3v) is 6.07. The summed E-state index contributed by atoms with van der Waals surface area (Å²) in [7, 11) is 1.55. The maximum Gasteiger partial charge on any atom is 0.341 e. The lowest BCUT2D eigenvalue weighted by Crippen LogP contribution is -2.32. The molecule has 1 aromatic carbocycles. The molecule has 9 heteroatoms. The molecule has 1 unspecified atom stereocenters. The monoisotopic (exact) mass is 443 g/mol. The van der Waals surface area contributed by atoms with E-state index in [2.05, 4.69) is 22.8 Å². The Morgan fingerprint density at radius 3 is 2.84 bits per heavy atom. The highest BCUT2D eigenvalue weighted by atomic mass is 32.1. The molecule has 8 nitrogen and oxygen atoms in total. The maximum absolute atomic E-state index is 12.5. The highest BCUT2D eigenvalue weighted by Gasteiger charge is 2.30. The van der Waals surface area contributed by atoms with Gasteiger partial charge in [-0.2, -0.15) is 5.10 Å². The molecule has 0 radical (unpaired) electrons. The first kappa shape index (κ1) is 22.5. The van der Waals surface area contributed by atoms with E-state index in [4.69, 9.17) is 9.47 Å². The summed E-state index contributed by atoms with van der Waals surface area (Å²) < 4.78 is 10.3. The van der Waals surface area contributed by atoms with Gasteiger partial charge in [0, 0.05) is 4.88 Å². The summed E-state index contributed by atoms with van der Waals surface area (Å²) in [6.45, 7) is 4.11. The molecule has 0 aliphatic heterocycles. The van der Waals surface area contributed by atoms with Crippen molar-refractivity contribution in [2.75, 3.05) is 19.0 Å². The Balaban J connectivity index is 1.71. The van der Waals surface area contributed by atoms with Gasteiger partial charge in [-0.25, -0.2) is 10.2 Å². The molecule has 0 bridgehead atoms. The molecule has 0 saturated heterocycles. The molecule has 31 heavy (non-hydrogen) atoms. The summed E-state index contributed by atoms with van der Waals surface area (Å²) in [4.78, 5) is 38.2. The molecule has 2 N–H and O–H groups in total. The number of hydrogen-bond acceptors (Lipinski definition) is 7. The maximum atomic E-state index is 12.5. The summed E-state index contributed by atoms with van der Waals surface area (Å²) in [6.07, 6.45) is 3.94. The Labute approximate surface area is 184 Å². The average Bonchev–Trinajstić information content (AvgIpc) is 3.10. The lowest BCUT2D eigenvalue weighted by Gasteiger charge is -2.18. The first-order chi connectivity index (χ1) is 14.9. The highest BCUT2D eigenvalue weighted by Crippen LogP contribution is 2.40. The molecule has 1 aliphatic rings. The number of nitrogens with one attached hydrogen (secondary N) is 2. The molecule has 1 aromatic heterocycles. The van der Waals surface area contributed by atoms with Gasteiger partial charge in [0.1, 0.15) is 10.8 Å². The summed E-state index contributed by atoms with van der Waals surface area (Å²) in [5, 5.41) is 6.72. The van der Waals surface area contributed by atoms with Crippen molar-refractivity contribution in [2.24, 2.45) is 11.0 Å². The minimum absolute atomic E-state index is 0.229. The minimum atomic E-state index is -0.936. The van der Waals surface area contributed by atoms with Crippen LogP contribution in [0.5, 0.6) is 5.75 Å². The van der Waals surface area contributed by atoms with Gasteiger partial charge >= 0.3 is 17.8 Å². The van der Waals surface area contributed by atoms with Crippen molar-refractivity contribution in [3.05, 3.63) is 45.8 Å². The van der Waals surface area contributed by atoms with Crippen LogP contribution in [0.25, 0.3) is 0 Å². The lowest BCUT2D eigenvalue weighted by atomic mass is 9.88. The molecule has 2 amide bonds. The number of nitrogens with zero attached hydrogens (tertiary/aromatic N) is 1. The van der Waals surface area contributed by atoms with Gasteiger partial charge in [0.25, 0.3) is 0 Å². The molecule has 0 spiro atoms. The number of ether oxygens (including phenoxy) is 2. The fourth-order valence-corrected chi connectivity index (χ4v) is 4.75. The van der Waals surface area contributed by atoms with Crippen molar-refractivity contribution in [1.82, 2.24) is 5.43 Å². The summed E-state index contributed by atoms with van der Waals surface area (Å²) in [5.41, 5.74) is 4.16. The minimum Gasteiger partial charge on any atom is -0.497 e. The van der Waals surface area contributed by atoms with Gasteiger partial charge < -0.3 is 14.8 Å². The normalized spacial score (nSPS) is 15.3. The summed E-state index contributed by atoms with van der Waals surface area (Å²) in [6, 6.07) is 7.08. The molecular weight excluding hydrogens is 418 g/mol. The number of thiophene rings is 1.